The molecular formula is C13H11NO. The number of isocyanates is 1. The van der Waals surface area contributed by atoms with Gasteiger partial charge in [0.1, 0.15) is 0 Å². The Balaban J connectivity index is 2.81. The number of nitrogens with zero attached hydrogens (tertiary/aromatic N) is 1. The van der Waals surface area contributed by atoms with Gasteiger partial charge in [-0.05, 0) is 23.4 Å². The minimum absolute atomic E-state index is 0.692. The van der Waals surface area contributed by atoms with Crippen LogP contribution >= 0.6 is 0 Å². The van der Waals surface area contributed by atoms with Crippen LogP contribution in [0.2, 0.25) is 0 Å². The predicted molar refractivity (Wildman–Crippen MR) is 61.1 cm³/mol. The molecule has 0 aromatic heterocycles. The van der Waals surface area contributed by atoms with Gasteiger partial charge >= 0.3 is 0 Å². The van der Waals surface area contributed by atoms with E-state index in [-0.39, 0.29) is 0 Å². The molecule has 0 N–H and O–H groups in total. The van der Waals surface area contributed by atoms with E-state index in [0.717, 1.165) is 17.2 Å². The molecule has 0 bridgehead atoms. The summed E-state index contributed by atoms with van der Waals surface area (Å²) in [6, 6.07) is 11.9. The Bertz CT molecular complexity index is 539. The van der Waals surface area contributed by atoms with Gasteiger partial charge in [-0.15, -0.1) is 0 Å². The Morgan fingerprint density at radius 1 is 1.13 bits per heavy atom. The van der Waals surface area contributed by atoms with E-state index in [9.17, 15) is 4.79 Å². The van der Waals surface area contributed by atoms with Gasteiger partial charge in [0.2, 0.25) is 6.08 Å². The zero-order valence-electron chi connectivity index (χ0n) is 8.53. The zero-order chi connectivity index (χ0) is 10.7. The molecule has 0 fully saturated rings. The van der Waals surface area contributed by atoms with Crippen molar-refractivity contribution < 1.29 is 4.79 Å². The van der Waals surface area contributed by atoms with Gasteiger partial charge < -0.3 is 0 Å². The third-order valence-electron chi connectivity index (χ3n) is 2.54. The third-order valence-corrected chi connectivity index (χ3v) is 2.54. The summed E-state index contributed by atoms with van der Waals surface area (Å²) >= 11 is 0. The van der Waals surface area contributed by atoms with E-state index in [1.165, 1.54) is 5.56 Å². The van der Waals surface area contributed by atoms with E-state index in [4.69, 9.17) is 0 Å². The Hall–Kier alpha value is -1.92. The number of carbonyl (C=O) groups excluding carboxylic acids is 1. The molecule has 0 aliphatic carbocycles. The van der Waals surface area contributed by atoms with Gasteiger partial charge in [-0.25, -0.2) is 4.79 Å². The topological polar surface area (TPSA) is 29.4 Å². The SMILES string of the molecule is CCc1cccc2c(N=C=O)cccc12. The van der Waals surface area contributed by atoms with Crippen molar-refractivity contribution in [3.63, 3.8) is 0 Å². The fourth-order valence-electron chi connectivity index (χ4n) is 1.81. The molecule has 0 radical (unpaired) electrons. The van der Waals surface area contributed by atoms with Crippen molar-refractivity contribution in [2.24, 2.45) is 4.99 Å². The molecule has 0 unspecified atom stereocenters. The van der Waals surface area contributed by atoms with Gasteiger partial charge in [0.15, 0.2) is 0 Å². The second kappa shape index (κ2) is 4.07. The van der Waals surface area contributed by atoms with Crippen LogP contribution in [-0.2, 0) is 11.2 Å². The number of benzene rings is 2. The Morgan fingerprint density at radius 2 is 1.87 bits per heavy atom. The maximum absolute atomic E-state index is 10.3. The molecule has 0 spiro atoms. The number of fused-ring (bicyclic) bond motifs is 1. The lowest BCUT2D eigenvalue weighted by atomic mass is 10.0. The van der Waals surface area contributed by atoms with Crippen LogP contribution < -0.4 is 0 Å². The first-order valence-corrected chi connectivity index (χ1v) is 4.95. The molecule has 0 atom stereocenters. The van der Waals surface area contributed by atoms with Crippen LogP contribution in [-0.4, -0.2) is 6.08 Å². The lowest BCUT2D eigenvalue weighted by Crippen LogP contribution is -1.83. The minimum atomic E-state index is 0.692. The maximum atomic E-state index is 10.3. The lowest BCUT2D eigenvalue weighted by molar-refractivity contribution is 0.565. The molecule has 0 saturated carbocycles. The van der Waals surface area contributed by atoms with Gasteiger partial charge in [0.25, 0.3) is 0 Å². The Kier molecular flexibility index (Phi) is 2.61. The summed E-state index contributed by atoms with van der Waals surface area (Å²) in [5.41, 5.74) is 1.97. The minimum Gasteiger partial charge on any atom is -0.211 e. The van der Waals surface area contributed by atoms with Crippen molar-refractivity contribution in [3.8, 4) is 0 Å². The summed E-state index contributed by atoms with van der Waals surface area (Å²) < 4.78 is 0. The first-order valence-electron chi connectivity index (χ1n) is 4.95. The van der Waals surface area contributed by atoms with E-state index in [0.29, 0.717) is 5.69 Å². The summed E-state index contributed by atoms with van der Waals surface area (Å²) in [5.74, 6) is 0. The average Bonchev–Trinajstić information content (AvgIpc) is 2.29. The van der Waals surface area contributed by atoms with E-state index < -0.39 is 0 Å². The van der Waals surface area contributed by atoms with Crippen LogP contribution in [0.25, 0.3) is 10.8 Å². The number of rotatable bonds is 2. The van der Waals surface area contributed by atoms with E-state index in [1.54, 1.807) is 6.08 Å². The van der Waals surface area contributed by atoms with Gasteiger partial charge in [-0.2, -0.15) is 4.99 Å². The summed E-state index contributed by atoms with van der Waals surface area (Å²) in [5, 5.41) is 2.18. The first-order chi connectivity index (χ1) is 7.36. The molecule has 0 heterocycles. The second-order valence-electron chi connectivity index (χ2n) is 3.35. The normalized spacial score (nSPS) is 9.93. The molecule has 0 amide bonds. The number of hydrogen-bond donors (Lipinski definition) is 0. The molecular weight excluding hydrogens is 186 g/mol. The quantitative estimate of drug-likeness (QED) is 0.536. The molecule has 15 heavy (non-hydrogen) atoms. The van der Waals surface area contributed by atoms with Crippen molar-refractivity contribution in [2.45, 2.75) is 13.3 Å². The predicted octanol–water partition coefficient (Wildman–Crippen LogP) is 3.37. The molecule has 2 nitrogen and oxygen atoms in total. The van der Waals surface area contributed by atoms with Crippen LogP contribution in [0.3, 0.4) is 0 Å². The van der Waals surface area contributed by atoms with Gasteiger partial charge in [-0.1, -0.05) is 37.3 Å². The highest BCUT2D eigenvalue weighted by molar-refractivity contribution is 5.95. The third kappa shape index (κ3) is 1.67. The monoisotopic (exact) mass is 197 g/mol. The Labute approximate surface area is 88.3 Å². The highest BCUT2D eigenvalue weighted by atomic mass is 16.1. The highest BCUT2D eigenvalue weighted by Crippen LogP contribution is 2.27. The van der Waals surface area contributed by atoms with Crippen molar-refractivity contribution in [1.29, 1.82) is 0 Å². The Morgan fingerprint density at radius 3 is 2.60 bits per heavy atom. The van der Waals surface area contributed by atoms with Crippen LogP contribution in [0.4, 0.5) is 5.69 Å². The molecule has 74 valence electrons. The van der Waals surface area contributed by atoms with Crippen LogP contribution in [0, 0.1) is 0 Å². The van der Waals surface area contributed by atoms with Gasteiger partial charge in [-0.3, -0.25) is 0 Å². The largest absolute Gasteiger partial charge is 0.240 e. The lowest BCUT2D eigenvalue weighted by Gasteiger charge is -2.05. The van der Waals surface area contributed by atoms with E-state index >= 15 is 0 Å². The summed E-state index contributed by atoms with van der Waals surface area (Å²) in [7, 11) is 0. The van der Waals surface area contributed by atoms with Crippen LogP contribution in [0.5, 0.6) is 0 Å². The molecule has 0 aliphatic rings. The molecule has 2 rings (SSSR count). The van der Waals surface area contributed by atoms with Gasteiger partial charge in [0, 0.05) is 5.39 Å². The van der Waals surface area contributed by atoms with Crippen molar-refractivity contribution >= 4 is 22.5 Å². The molecule has 0 aliphatic heterocycles. The number of aryl methyl sites for hydroxylation is 1. The number of aliphatic imine (C=N–C) groups is 1. The van der Waals surface area contributed by atoms with Gasteiger partial charge in [0.05, 0.1) is 5.69 Å². The summed E-state index contributed by atoms with van der Waals surface area (Å²) in [4.78, 5) is 14.0. The van der Waals surface area contributed by atoms with Crippen LogP contribution in [0.15, 0.2) is 41.4 Å². The molecule has 2 heteroatoms. The second-order valence-corrected chi connectivity index (χ2v) is 3.35. The fourth-order valence-corrected chi connectivity index (χ4v) is 1.81. The molecule has 0 saturated heterocycles. The van der Waals surface area contributed by atoms with Crippen molar-refractivity contribution in [3.05, 3.63) is 42.0 Å². The van der Waals surface area contributed by atoms with Crippen molar-refractivity contribution in [2.75, 3.05) is 0 Å². The van der Waals surface area contributed by atoms with Crippen molar-refractivity contribution in [1.82, 2.24) is 0 Å². The summed E-state index contributed by atoms with van der Waals surface area (Å²) in [6.07, 6.45) is 2.57. The maximum Gasteiger partial charge on any atom is 0.240 e. The average molecular weight is 197 g/mol. The molecule has 2 aromatic carbocycles. The van der Waals surface area contributed by atoms with E-state index in [1.807, 2.05) is 24.3 Å². The standard InChI is InChI=1S/C13H11NO/c1-2-10-5-3-7-12-11(10)6-4-8-13(12)14-9-15/h3-8H,2H2,1H3. The van der Waals surface area contributed by atoms with Crippen LogP contribution in [0.1, 0.15) is 12.5 Å². The number of hydrogen-bond acceptors (Lipinski definition) is 2. The smallest absolute Gasteiger partial charge is 0.211 e. The molecule has 2 aromatic rings. The highest BCUT2D eigenvalue weighted by Gasteiger charge is 2.02. The van der Waals surface area contributed by atoms with E-state index in [2.05, 4.69) is 24.0 Å². The first kappa shape index (κ1) is 9.63. The summed E-state index contributed by atoms with van der Waals surface area (Å²) in [6.45, 7) is 2.12. The zero-order valence-corrected chi connectivity index (χ0v) is 8.53. The fraction of sp³-hybridized carbons (Fsp3) is 0.154.